The van der Waals surface area contributed by atoms with Crippen molar-refractivity contribution in [2.45, 2.75) is 12.8 Å². The smallest absolute Gasteiger partial charge is 0.236 e. The zero-order valence-corrected chi connectivity index (χ0v) is 12.5. The topological polar surface area (TPSA) is 51.5 Å². The summed E-state index contributed by atoms with van der Waals surface area (Å²) in [5.74, 6) is -0.255. The molecule has 5 heteroatoms. The molecule has 0 aromatic heterocycles. The van der Waals surface area contributed by atoms with Gasteiger partial charge in [-0.3, -0.25) is 9.59 Å². The van der Waals surface area contributed by atoms with Crippen molar-refractivity contribution >= 4 is 23.3 Å². The molecular formula is C15H18ClN2O2. The SMILES string of the molecule is CN(C)C(=O)C1(C(=O)c2ccc(Cl)cc2)CC[N]CC1. The standard InChI is InChI=1S/C15H18ClN2O2/c1-18(2)14(20)15(7-9-17-10-8-15)13(19)11-3-5-12(16)6-4-11/h3-6H,7-10H2,1-2H3. The highest BCUT2D eigenvalue weighted by Crippen LogP contribution is 2.35. The molecule has 0 unspecified atom stereocenters. The third-order valence-electron chi connectivity index (χ3n) is 3.75. The fourth-order valence-electron chi connectivity index (χ4n) is 2.62. The lowest BCUT2D eigenvalue weighted by molar-refractivity contribution is -0.138. The molecule has 1 fully saturated rings. The summed E-state index contributed by atoms with van der Waals surface area (Å²) in [4.78, 5) is 26.9. The summed E-state index contributed by atoms with van der Waals surface area (Å²) in [7, 11) is 3.37. The number of hydrogen-bond donors (Lipinski definition) is 0. The Morgan fingerprint density at radius 3 is 2.20 bits per heavy atom. The van der Waals surface area contributed by atoms with E-state index >= 15 is 0 Å². The lowest BCUT2D eigenvalue weighted by atomic mass is 9.72. The highest BCUT2D eigenvalue weighted by molar-refractivity contribution is 6.30. The van der Waals surface area contributed by atoms with Gasteiger partial charge in [-0.15, -0.1) is 0 Å². The summed E-state index contributed by atoms with van der Waals surface area (Å²) < 4.78 is 0. The molecule has 0 atom stereocenters. The van der Waals surface area contributed by atoms with Crippen LogP contribution in [-0.4, -0.2) is 43.8 Å². The van der Waals surface area contributed by atoms with Crippen LogP contribution in [0.5, 0.6) is 0 Å². The fraction of sp³-hybridized carbons (Fsp3) is 0.467. The van der Waals surface area contributed by atoms with Crippen LogP contribution in [0.4, 0.5) is 0 Å². The average Bonchev–Trinajstić information content (AvgIpc) is 2.47. The molecule has 0 spiro atoms. The molecule has 1 aromatic carbocycles. The van der Waals surface area contributed by atoms with Gasteiger partial charge < -0.3 is 4.90 Å². The van der Waals surface area contributed by atoms with E-state index in [0.29, 0.717) is 36.5 Å². The number of carbonyl (C=O) groups is 2. The number of nitrogens with zero attached hydrogens (tertiary/aromatic N) is 2. The number of ketones is 1. The number of carbonyl (C=O) groups excluding carboxylic acids is 2. The fourth-order valence-corrected chi connectivity index (χ4v) is 2.75. The first-order chi connectivity index (χ1) is 9.47. The maximum absolute atomic E-state index is 12.8. The first-order valence-electron chi connectivity index (χ1n) is 6.63. The molecule has 0 N–H and O–H groups in total. The highest BCUT2D eigenvalue weighted by atomic mass is 35.5. The van der Waals surface area contributed by atoms with Crippen LogP contribution < -0.4 is 5.32 Å². The maximum Gasteiger partial charge on any atom is 0.236 e. The van der Waals surface area contributed by atoms with Gasteiger partial charge >= 0.3 is 0 Å². The number of piperidine rings is 1. The minimum Gasteiger partial charge on any atom is -0.348 e. The van der Waals surface area contributed by atoms with E-state index in [-0.39, 0.29) is 11.7 Å². The van der Waals surface area contributed by atoms with Gasteiger partial charge in [0.1, 0.15) is 5.41 Å². The summed E-state index contributed by atoms with van der Waals surface area (Å²) in [6, 6.07) is 6.72. The van der Waals surface area contributed by atoms with E-state index in [9.17, 15) is 9.59 Å². The van der Waals surface area contributed by atoms with Crippen molar-refractivity contribution < 1.29 is 9.59 Å². The van der Waals surface area contributed by atoms with E-state index in [1.165, 1.54) is 4.90 Å². The lowest BCUT2D eigenvalue weighted by Crippen LogP contribution is -2.50. The summed E-state index contributed by atoms with van der Waals surface area (Å²) in [6.45, 7) is 1.11. The third kappa shape index (κ3) is 2.72. The largest absolute Gasteiger partial charge is 0.348 e. The third-order valence-corrected chi connectivity index (χ3v) is 4.00. The molecular weight excluding hydrogens is 276 g/mol. The number of amides is 1. The highest BCUT2D eigenvalue weighted by Gasteiger charge is 2.47. The molecule has 0 saturated carbocycles. The molecule has 1 heterocycles. The van der Waals surface area contributed by atoms with Gasteiger partial charge in [-0.1, -0.05) is 11.6 Å². The lowest BCUT2D eigenvalue weighted by Gasteiger charge is -2.36. The normalized spacial score (nSPS) is 17.6. The molecule has 4 nitrogen and oxygen atoms in total. The van der Waals surface area contributed by atoms with Crippen molar-refractivity contribution in [3.8, 4) is 0 Å². The van der Waals surface area contributed by atoms with Crippen molar-refractivity contribution in [2.24, 2.45) is 5.41 Å². The van der Waals surface area contributed by atoms with Crippen LogP contribution in [-0.2, 0) is 4.79 Å². The summed E-state index contributed by atoms with van der Waals surface area (Å²) >= 11 is 5.85. The second-order valence-electron chi connectivity index (χ2n) is 5.29. The number of Topliss-reactive ketones (excluding diaryl/α,β-unsaturated/α-hetero) is 1. The Labute approximate surface area is 124 Å². The van der Waals surface area contributed by atoms with Crippen molar-refractivity contribution in [1.82, 2.24) is 10.2 Å². The molecule has 0 bridgehead atoms. The quantitative estimate of drug-likeness (QED) is 0.632. The van der Waals surface area contributed by atoms with Gasteiger partial charge in [0.15, 0.2) is 5.78 Å². The Hall–Kier alpha value is -1.39. The first kappa shape index (κ1) is 15.0. The number of hydrogen-bond acceptors (Lipinski definition) is 2. The van der Waals surface area contributed by atoms with Gasteiger partial charge in [-0.25, -0.2) is 5.32 Å². The molecule has 1 aliphatic heterocycles. The minimum atomic E-state index is -0.973. The minimum absolute atomic E-state index is 0.122. The Balaban J connectivity index is 2.38. The first-order valence-corrected chi connectivity index (χ1v) is 7.00. The van der Waals surface area contributed by atoms with Gasteiger partial charge in [0, 0.05) is 37.8 Å². The second kappa shape index (κ2) is 5.94. The van der Waals surface area contributed by atoms with E-state index in [0.717, 1.165) is 0 Å². The number of benzene rings is 1. The Morgan fingerprint density at radius 2 is 1.70 bits per heavy atom. The van der Waals surface area contributed by atoms with Crippen LogP contribution in [0.1, 0.15) is 23.2 Å². The molecule has 20 heavy (non-hydrogen) atoms. The van der Waals surface area contributed by atoms with Gasteiger partial charge in [0.2, 0.25) is 5.91 Å². The molecule has 1 radical (unpaired) electrons. The number of halogens is 1. The van der Waals surface area contributed by atoms with Crippen LogP contribution in [0.25, 0.3) is 0 Å². The monoisotopic (exact) mass is 293 g/mol. The van der Waals surface area contributed by atoms with E-state index < -0.39 is 5.41 Å². The second-order valence-corrected chi connectivity index (χ2v) is 5.72. The average molecular weight is 294 g/mol. The van der Waals surface area contributed by atoms with E-state index in [1.54, 1.807) is 38.4 Å². The zero-order chi connectivity index (χ0) is 14.8. The molecule has 1 saturated heterocycles. The molecule has 0 aliphatic carbocycles. The predicted molar refractivity (Wildman–Crippen MR) is 78.0 cm³/mol. The van der Waals surface area contributed by atoms with Gasteiger partial charge in [-0.2, -0.15) is 0 Å². The van der Waals surface area contributed by atoms with Crippen LogP contribution >= 0.6 is 11.6 Å². The van der Waals surface area contributed by atoms with Gasteiger partial charge in [0.25, 0.3) is 0 Å². The van der Waals surface area contributed by atoms with Crippen LogP contribution in [0, 0.1) is 5.41 Å². The van der Waals surface area contributed by atoms with Crippen LogP contribution in [0.15, 0.2) is 24.3 Å². The molecule has 2 rings (SSSR count). The maximum atomic E-state index is 12.8. The summed E-state index contributed by atoms with van der Waals surface area (Å²) in [6.07, 6.45) is 0.955. The van der Waals surface area contributed by atoms with Crippen LogP contribution in [0.3, 0.4) is 0 Å². The summed E-state index contributed by atoms with van der Waals surface area (Å²) in [5, 5.41) is 4.84. The van der Waals surface area contributed by atoms with Crippen molar-refractivity contribution in [3.63, 3.8) is 0 Å². The Morgan fingerprint density at radius 1 is 1.15 bits per heavy atom. The van der Waals surface area contributed by atoms with E-state index in [1.807, 2.05) is 0 Å². The Kier molecular flexibility index (Phi) is 4.45. The van der Waals surface area contributed by atoms with Gasteiger partial charge in [0.05, 0.1) is 0 Å². The van der Waals surface area contributed by atoms with Crippen molar-refractivity contribution in [3.05, 3.63) is 34.9 Å². The van der Waals surface area contributed by atoms with Crippen molar-refractivity contribution in [2.75, 3.05) is 27.2 Å². The van der Waals surface area contributed by atoms with E-state index in [2.05, 4.69) is 5.32 Å². The molecule has 1 aromatic rings. The van der Waals surface area contributed by atoms with Crippen molar-refractivity contribution in [1.29, 1.82) is 0 Å². The Bertz CT molecular complexity index is 505. The zero-order valence-electron chi connectivity index (χ0n) is 11.7. The molecule has 1 amide bonds. The molecule has 107 valence electrons. The summed E-state index contributed by atoms with van der Waals surface area (Å²) in [5.41, 5.74) is -0.439. The molecule has 1 aliphatic rings. The van der Waals surface area contributed by atoms with Gasteiger partial charge in [-0.05, 0) is 37.1 Å². The van der Waals surface area contributed by atoms with E-state index in [4.69, 9.17) is 11.6 Å². The predicted octanol–water partition coefficient (Wildman–Crippen LogP) is 2.00. The van der Waals surface area contributed by atoms with Crippen LogP contribution in [0.2, 0.25) is 5.02 Å². The number of rotatable bonds is 3.